The molecule has 0 saturated carbocycles. The molecule has 7 heteroatoms. The molecule has 1 aromatic heterocycles. The molecular formula is C28H35N5O2. The smallest absolute Gasteiger partial charge is 0.255 e. The number of hydrogen-bond donors (Lipinski definition) is 0. The summed E-state index contributed by atoms with van der Waals surface area (Å²) < 4.78 is 0. The van der Waals surface area contributed by atoms with E-state index in [1.165, 1.54) is 5.56 Å². The summed E-state index contributed by atoms with van der Waals surface area (Å²) in [5.41, 5.74) is 2.89. The number of carbonyl (C=O) groups excluding carboxylic acids is 2. The molecule has 35 heavy (non-hydrogen) atoms. The van der Waals surface area contributed by atoms with Crippen molar-refractivity contribution in [2.24, 2.45) is 5.92 Å². The standard InChI is InChI=1S/C28H35N5O2/c1-21(2)32-13-15-33(16-14-32)28(35)25-7-8-26(30-19-25)27(34)17-22-9-11-31(12-10-22)20-24-5-3-23(18-29)4-6-24/h3-8,19,21-22H,9-17,20H2,1-2H3. The Balaban J connectivity index is 1.23. The lowest BCUT2D eigenvalue weighted by molar-refractivity contribution is 0.0594. The van der Waals surface area contributed by atoms with Crippen LogP contribution in [0.1, 0.15) is 65.1 Å². The Bertz CT molecular complexity index is 1040. The van der Waals surface area contributed by atoms with E-state index < -0.39 is 0 Å². The topological polar surface area (TPSA) is 80.5 Å². The Morgan fingerprint density at radius 3 is 2.26 bits per heavy atom. The van der Waals surface area contributed by atoms with Crippen molar-refractivity contribution in [3.05, 3.63) is 65.0 Å². The fraction of sp³-hybridized carbons (Fsp3) is 0.500. The van der Waals surface area contributed by atoms with Gasteiger partial charge in [-0.15, -0.1) is 0 Å². The molecule has 3 heterocycles. The number of nitrogens with zero attached hydrogens (tertiary/aromatic N) is 5. The molecule has 2 fully saturated rings. The zero-order valence-electron chi connectivity index (χ0n) is 20.8. The summed E-state index contributed by atoms with van der Waals surface area (Å²) in [7, 11) is 0. The van der Waals surface area contributed by atoms with Gasteiger partial charge in [-0.3, -0.25) is 24.4 Å². The van der Waals surface area contributed by atoms with Crippen LogP contribution in [0.3, 0.4) is 0 Å². The number of hydrogen-bond acceptors (Lipinski definition) is 6. The molecule has 184 valence electrons. The highest BCUT2D eigenvalue weighted by Crippen LogP contribution is 2.23. The molecule has 4 rings (SSSR count). The van der Waals surface area contributed by atoms with Crippen LogP contribution in [0.4, 0.5) is 0 Å². The largest absolute Gasteiger partial charge is 0.336 e. The Labute approximate surface area is 208 Å². The monoisotopic (exact) mass is 473 g/mol. The van der Waals surface area contributed by atoms with Gasteiger partial charge in [0.1, 0.15) is 5.69 Å². The SMILES string of the molecule is CC(C)N1CCN(C(=O)c2ccc(C(=O)CC3CCN(Cc4ccc(C#N)cc4)CC3)nc2)CC1. The molecule has 0 N–H and O–H groups in total. The van der Waals surface area contributed by atoms with E-state index in [4.69, 9.17) is 5.26 Å². The van der Waals surface area contributed by atoms with E-state index in [1.807, 2.05) is 29.2 Å². The molecule has 0 unspecified atom stereocenters. The first kappa shape index (κ1) is 25.0. The molecule has 7 nitrogen and oxygen atoms in total. The second-order valence-electron chi connectivity index (χ2n) is 10.0. The number of aromatic nitrogens is 1. The molecule has 2 aliphatic rings. The summed E-state index contributed by atoms with van der Waals surface area (Å²) in [6, 6.07) is 13.9. The van der Waals surface area contributed by atoms with Crippen molar-refractivity contribution in [1.29, 1.82) is 5.26 Å². The number of likely N-dealkylation sites (tertiary alicyclic amines) is 1. The quantitative estimate of drug-likeness (QED) is 0.572. The Kier molecular flexibility index (Phi) is 8.27. The number of carbonyl (C=O) groups is 2. The lowest BCUT2D eigenvalue weighted by Gasteiger charge is -2.36. The Morgan fingerprint density at radius 1 is 1.00 bits per heavy atom. The second kappa shape index (κ2) is 11.6. The minimum absolute atomic E-state index is 0.00505. The van der Waals surface area contributed by atoms with Gasteiger partial charge in [-0.2, -0.15) is 5.26 Å². The first-order chi connectivity index (χ1) is 16.9. The van der Waals surface area contributed by atoms with Gasteiger partial charge < -0.3 is 4.90 Å². The number of piperazine rings is 1. The van der Waals surface area contributed by atoms with Gasteiger partial charge in [0, 0.05) is 51.4 Å². The lowest BCUT2D eigenvalue weighted by atomic mass is 9.90. The molecule has 2 saturated heterocycles. The van der Waals surface area contributed by atoms with Crippen LogP contribution in [0.15, 0.2) is 42.6 Å². The lowest BCUT2D eigenvalue weighted by Crippen LogP contribution is -2.50. The van der Waals surface area contributed by atoms with E-state index >= 15 is 0 Å². The molecule has 0 aliphatic carbocycles. The molecule has 2 aromatic rings. The van der Waals surface area contributed by atoms with Crippen LogP contribution >= 0.6 is 0 Å². The van der Waals surface area contributed by atoms with Crippen molar-refractivity contribution in [1.82, 2.24) is 19.7 Å². The molecule has 0 spiro atoms. The van der Waals surface area contributed by atoms with E-state index in [0.717, 1.165) is 58.7 Å². The maximum atomic E-state index is 12.8. The minimum atomic E-state index is -0.00505. The van der Waals surface area contributed by atoms with E-state index in [-0.39, 0.29) is 11.7 Å². The number of rotatable bonds is 7. The summed E-state index contributed by atoms with van der Waals surface area (Å²) >= 11 is 0. The van der Waals surface area contributed by atoms with Crippen LogP contribution < -0.4 is 0 Å². The van der Waals surface area contributed by atoms with Gasteiger partial charge in [0.25, 0.3) is 5.91 Å². The van der Waals surface area contributed by atoms with Gasteiger partial charge in [-0.1, -0.05) is 12.1 Å². The van der Waals surface area contributed by atoms with Crippen molar-refractivity contribution in [2.75, 3.05) is 39.3 Å². The van der Waals surface area contributed by atoms with Gasteiger partial charge in [-0.25, -0.2) is 0 Å². The fourth-order valence-electron chi connectivity index (χ4n) is 4.97. The van der Waals surface area contributed by atoms with E-state index in [2.05, 4.69) is 34.7 Å². The number of pyridine rings is 1. The highest BCUT2D eigenvalue weighted by Gasteiger charge is 2.25. The van der Waals surface area contributed by atoms with Crippen LogP contribution in [-0.2, 0) is 6.54 Å². The predicted octanol–water partition coefficient (Wildman–Crippen LogP) is 3.60. The first-order valence-corrected chi connectivity index (χ1v) is 12.7. The number of ketones is 1. The van der Waals surface area contributed by atoms with Crippen LogP contribution in [0.25, 0.3) is 0 Å². The molecular weight excluding hydrogens is 438 g/mol. The highest BCUT2D eigenvalue weighted by molar-refractivity contribution is 5.97. The van der Waals surface area contributed by atoms with Crippen LogP contribution in [0.5, 0.6) is 0 Å². The number of piperidine rings is 1. The van der Waals surface area contributed by atoms with Gasteiger partial charge in [0.2, 0.25) is 0 Å². The molecule has 1 amide bonds. The number of benzene rings is 1. The second-order valence-corrected chi connectivity index (χ2v) is 10.0. The van der Waals surface area contributed by atoms with Crippen LogP contribution in [0, 0.1) is 17.2 Å². The van der Waals surface area contributed by atoms with Crippen LogP contribution in [0.2, 0.25) is 0 Å². The average molecular weight is 474 g/mol. The number of amides is 1. The molecule has 1 aromatic carbocycles. The van der Waals surface area contributed by atoms with Crippen molar-refractivity contribution >= 4 is 11.7 Å². The zero-order chi connectivity index (χ0) is 24.8. The molecule has 0 bridgehead atoms. The maximum Gasteiger partial charge on any atom is 0.255 e. The minimum Gasteiger partial charge on any atom is -0.336 e. The summed E-state index contributed by atoms with van der Waals surface area (Å²) in [5, 5.41) is 8.94. The zero-order valence-corrected chi connectivity index (χ0v) is 20.8. The van der Waals surface area contributed by atoms with Crippen LogP contribution in [-0.4, -0.2) is 76.7 Å². The van der Waals surface area contributed by atoms with Crippen molar-refractivity contribution in [3.63, 3.8) is 0 Å². The summed E-state index contributed by atoms with van der Waals surface area (Å²) in [4.78, 5) is 36.7. The Hall–Kier alpha value is -3.08. The van der Waals surface area contributed by atoms with Crippen molar-refractivity contribution < 1.29 is 9.59 Å². The highest BCUT2D eigenvalue weighted by atomic mass is 16.2. The van der Waals surface area contributed by atoms with Crippen molar-refractivity contribution in [3.8, 4) is 6.07 Å². The third kappa shape index (κ3) is 6.53. The van der Waals surface area contributed by atoms with Gasteiger partial charge in [-0.05, 0) is 75.5 Å². The third-order valence-electron chi connectivity index (χ3n) is 7.30. The molecule has 2 aliphatic heterocycles. The van der Waals surface area contributed by atoms with Gasteiger partial charge >= 0.3 is 0 Å². The van der Waals surface area contributed by atoms with E-state index in [1.54, 1.807) is 18.3 Å². The molecule has 0 atom stereocenters. The number of nitriles is 1. The van der Waals surface area contributed by atoms with Gasteiger partial charge in [0.05, 0.1) is 17.2 Å². The summed E-state index contributed by atoms with van der Waals surface area (Å²) in [6.45, 7) is 10.4. The summed E-state index contributed by atoms with van der Waals surface area (Å²) in [6.07, 6.45) is 4.04. The van der Waals surface area contributed by atoms with Crippen molar-refractivity contribution in [2.45, 2.75) is 45.7 Å². The Morgan fingerprint density at radius 2 is 1.69 bits per heavy atom. The van der Waals surface area contributed by atoms with E-state index in [0.29, 0.717) is 35.2 Å². The first-order valence-electron chi connectivity index (χ1n) is 12.7. The average Bonchev–Trinajstić information content (AvgIpc) is 2.90. The predicted molar refractivity (Wildman–Crippen MR) is 135 cm³/mol. The summed E-state index contributed by atoms with van der Waals surface area (Å²) in [5.74, 6) is 0.412. The molecule has 0 radical (unpaired) electrons. The maximum absolute atomic E-state index is 12.8. The van der Waals surface area contributed by atoms with Gasteiger partial charge in [0.15, 0.2) is 5.78 Å². The van der Waals surface area contributed by atoms with E-state index in [9.17, 15) is 9.59 Å². The normalized spacial score (nSPS) is 17.9. The third-order valence-corrected chi connectivity index (χ3v) is 7.30. The fourth-order valence-corrected chi connectivity index (χ4v) is 4.97. The number of Topliss-reactive ketones (excluding diaryl/α,β-unsaturated/α-hetero) is 1.